The molecule has 20 nitrogen and oxygen atoms in total. The Labute approximate surface area is 967 Å². The van der Waals surface area contributed by atoms with Crippen molar-refractivity contribution in [1.29, 1.82) is 0 Å². The van der Waals surface area contributed by atoms with E-state index < -0.39 is 24.4 Å². The van der Waals surface area contributed by atoms with E-state index in [2.05, 4.69) is 62.2 Å². The molecule has 9 heterocycles. The first kappa shape index (κ1) is 124. The van der Waals surface area contributed by atoms with Crippen molar-refractivity contribution in [2.24, 2.45) is 0 Å². The third kappa shape index (κ3) is 40.7. The fourth-order valence-corrected chi connectivity index (χ4v) is 19.6. The van der Waals surface area contributed by atoms with Gasteiger partial charge in [0.05, 0.1) is 87.7 Å². The number of ether oxygens (including phenoxy) is 5. The van der Waals surface area contributed by atoms with Crippen LogP contribution in [-0.2, 0) is 244 Å². The van der Waals surface area contributed by atoms with Crippen LogP contribution in [0.4, 0.5) is 28.4 Å². The molecule has 15 rings (SSSR count). The zero-order chi connectivity index (χ0) is 94.6. The van der Waals surface area contributed by atoms with Gasteiger partial charge in [0.25, 0.3) is 0 Å². The molecule has 6 aromatic carbocycles. The van der Waals surface area contributed by atoms with Crippen LogP contribution in [0.2, 0.25) is 0 Å². The maximum Gasteiger partial charge on any atom is 0.227 e. The minimum absolute atomic E-state index is 0. The number of Topliss-reactive ketones (excluding diaryl/α,β-unsaturated/α-hetero) is 1. The molecule has 5 aliphatic rings. The SMILES string of the molecule is CCCC(O)c1ccc(N2C(=O)CC[C@@H]2COCc2cc[c-]s2)cc1.CCCCC(O)c1ccc(N2C(=O)CC[C@@H]2COCc2cc[c-]s2)cc1.CCCCCC(=O)c1ccc(N2C(=O)CC[C@@H]2COCc2cc[c-]s2)cc1.CCCCCC(O)c1ccc(N2C(=O)CC[C@@H]2COCc2c[c-]ccc2)cc1.CCCCCCC(O)c1ccc(N2C(=O)CC[C@@H]2COCc2cc[c-]s2)cc1.[Y].[Y].[Y].[Y].[Y]. The van der Waals surface area contributed by atoms with Crippen molar-refractivity contribution in [2.75, 3.05) is 57.5 Å². The molecule has 0 saturated carbocycles. The Kier molecular flexibility index (Phi) is 62.0. The number of aliphatic hydroxyl groups excluding tert-OH is 4. The maximum absolute atomic E-state index is 12.4. The molecule has 4 aromatic heterocycles. The number of unbranched alkanes of at least 4 members (excludes halogenated alkanes) is 8. The van der Waals surface area contributed by atoms with Gasteiger partial charge in [-0.15, -0.1) is 46.6 Å². The molecule has 29 heteroatoms. The Bertz CT molecular complexity index is 5020. The number of hydrogen-bond acceptors (Lipinski definition) is 19. The number of amides is 5. The number of benzene rings is 6. The normalized spacial score (nSPS) is 17.3. The van der Waals surface area contributed by atoms with Crippen LogP contribution in [0.25, 0.3) is 0 Å². The van der Waals surface area contributed by atoms with E-state index in [1.54, 1.807) is 45.3 Å². The summed E-state index contributed by atoms with van der Waals surface area (Å²) in [4.78, 5) is 87.9. The van der Waals surface area contributed by atoms with Crippen molar-refractivity contribution < 1.29 is 236 Å². The largest absolute Gasteiger partial charge is 0.388 e. The number of rotatable bonds is 48. The number of aliphatic hydroxyl groups is 4. The van der Waals surface area contributed by atoms with Crippen LogP contribution in [0.1, 0.15) is 297 Å². The summed E-state index contributed by atoms with van der Waals surface area (Å²) in [5.41, 5.74) is 9.85. The molecule has 735 valence electrons. The van der Waals surface area contributed by atoms with Gasteiger partial charge in [0.1, 0.15) is 0 Å². The van der Waals surface area contributed by atoms with Crippen LogP contribution >= 0.6 is 45.3 Å². The Morgan fingerprint density at radius 2 is 0.597 bits per heavy atom. The summed E-state index contributed by atoms with van der Waals surface area (Å²) in [6, 6.07) is 65.2. The van der Waals surface area contributed by atoms with E-state index in [4.69, 9.17) is 23.7 Å². The fourth-order valence-electron chi connectivity index (χ4n) is 17.3. The van der Waals surface area contributed by atoms with Crippen molar-refractivity contribution in [3.63, 3.8) is 0 Å². The maximum atomic E-state index is 12.4. The Morgan fingerprint density at radius 3 is 0.878 bits per heavy atom. The summed E-state index contributed by atoms with van der Waals surface area (Å²) in [7, 11) is 0. The number of thiophene rings is 4. The zero-order valence-electron chi connectivity index (χ0n) is 81.6. The molecule has 5 aliphatic heterocycles. The molecule has 0 spiro atoms. The molecule has 5 amide bonds. The number of anilines is 5. The molecule has 5 fully saturated rings. The Hall–Kier alpha value is -3.70. The molecule has 4 unspecified atom stereocenters. The van der Waals surface area contributed by atoms with Crippen LogP contribution in [0.3, 0.4) is 0 Å². The van der Waals surface area contributed by atoms with E-state index >= 15 is 0 Å². The van der Waals surface area contributed by atoms with Crippen LogP contribution in [0, 0.1) is 27.6 Å². The van der Waals surface area contributed by atoms with E-state index in [1.807, 2.05) is 219 Å². The van der Waals surface area contributed by atoms with Gasteiger partial charge in [-0.25, -0.2) is 0 Å². The van der Waals surface area contributed by atoms with Gasteiger partial charge < -0.3 is 68.6 Å². The number of nitrogens with zero attached hydrogens (tertiary/aromatic N) is 5. The van der Waals surface area contributed by atoms with E-state index in [1.165, 1.54) is 19.3 Å². The summed E-state index contributed by atoms with van der Waals surface area (Å²) in [6.07, 6.45) is 22.9. The first-order chi connectivity index (χ1) is 65.4. The molecule has 9 atom stereocenters. The smallest absolute Gasteiger partial charge is 0.227 e. The summed E-state index contributed by atoms with van der Waals surface area (Å²) < 4.78 is 29.2. The average molecular weight is 2340 g/mol. The molecule has 139 heavy (non-hydrogen) atoms. The Morgan fingerprint density at radius 1 is 0.324 bits per heavy atom. The summed E-state index contributed by atoms with van der Waals surface area (Å²) in [6.45, 7) is 16.1. The minimum Gasteiger partial charge on any atom is -0.388 e. The summed E-state index contributed by atoms with van der Waals surface area (Å²) >= 11 is 6.23. The molecule has 5 saturated heterocycles. The van der Waals surface area contributed by atoms with Crippen LogP contribution in [0.15, 0.2) is 194 Å². The molecule has 5 radical (unpaired) electrons. The number of ketones is 1. The monoisotopic (exact) mass is 2340 g/mol. The predicted octanol–water partition coefficient (Wildman–Crippen LogP) is 23.7. The van der Waals surface area contributed by atoms with Gasteiger partial charge >= 0.3 is 0 Å². The second-order valence-corrected chi connectivity index (χ2v) is 38.8. The van der Waals surface area contributed by atoms with Gasteiger partial charge in [-0.2, -0.15) is 78.9 Å². The summed E-state index contributed by atoms with van der Waals surface area (Å²) in [5, 5.41) is 53.2. The minimum atomic E-state index is -0.435. The molecular formula is C110H136N5O15S4Y5-5. The van der Waals surface area contributed by atoms with Crippen molar-refractivity contribution in [1.82, 2.24) is 0 Å². The van der Waals surface area contributed by atoms with Gasteiger partial charge in [-0.1, -0.05) is 160 Å². The first-order valence-electron chi connectivity index (χ1n) is 48.4. The second-order valence-electron chi connectivity index (χ2n) is 35.0. The van der Waals surface area contributed by atoms with Crippen molar-refractivity contribution >= 4 is 109 Å². The van der Waals surface area contributed by atoms with E-state index in [0.29, 0.717) is 105 Å². The molecule has 10 aromatic rings. The Balaban J connectivity index is 0.000000264. The van der Waals surface area contributed by atoms with Gasteiger partial charge in [0.2, 0.25) is 29.5 Å². The van der Waals surface area contributed by atoms with Crippen LogP contribution in [-0.4, -0.2) is 119 Å². The quantitative estimate of drug-likeness (QED) is 0.0157. The van der Waals surface area contributed by atoms with Crippen LogP contribution < -0.4 is 24.5 Å². The van der Waals surface area contributed by atoms with Crippen molar-refractivity contribution in [3.05, 3.63) is 275 Å². The van der Waals surface area contributed by atoms with Crippen molar-refractivity contribution in [3.8, 4) is 0 Å². The molecule has 4 N–H and O–H groups in total. The fraction of sp³-hybridized carbons (Fsp3) is 0.473. The van der Waals surface area contributed by atoms with Gasteiger partial charge in [-0.05, 0) is 159 Å². The molecular weight excluding hydrogens is 2200 g/mol. The standard InChI is InChI=1S/C24H30NO3.C23H30NO3S.C22H26NO3S.C21H26NO3S.C20H24NO3S.5Y/c1-2-3-5-10-23(26)20-11-13-21(14-12-20)25-22(15-16-24(25)27)18-28-17-19-8-6-4-7-9-19;1-2-3-4-5-8-22(25)18-9-11-19(12-10-18)24-20(13-14-23(24)26)16-27-17-21-7-6-15-28-21;1-2-3-4-7-21(24)17-8-10-18(11-9-17)23-19(12-13-22(23)25)15-26-16-20-6-5-14-27-20;1-2-3-6-20(23)16-7-9-17(10-8-16)22-18(11-12-21(22)24)14-25-15-19-5-4-13-26-19;1-2-4-19(22)15-6-8-16(9-7-15)21-17(10-11-20(21)23)13-24-14-18-5-3-12-25-18;;;;;/h4,6,8-9,11-14,22-23,26H,2-3,5,10,15-18H2,1H3;6-7,9-12,20,22,25H,2-5,8,13-14,16-17H2,1H3;5-6,8-11,19H,2-4,7,12-13,15-16H2,1H3;4-5,7-10,18,20,23H,2-3,6,11-12,14-15H2,1H3;3,5-9,17,19,22H,2,4,10-11,13-14H2,1H3;;;;;/q5*-1;;;;;/t22-,23?;20-,22?;19-;18-,20?;17-,19?;;;;;/m11111...../s1. The number of carbonyl (C=O) groups excluding carboxylic acids is 6. The van der Waals surface area contributed by atoms with E-state index in [-0.39, 0.29) is 229 Å². The number of carbonyl (C=O) groups is 6. The average Bonchev–Trinajstić information content (AvgIpc) is 1.72. The van der Waals surface area contributed by atoms with Gasteiger partial charge in [0, 0.05) is 269 Å². The predicted molar refractivity (Wildman–Crippen MR) is 537 cm³/mol. The topological polar surface area (TPSA) is 246 Å². The molecule has 0 aliphatic carbocycles. The van der Waals surface area contributed by atoms with Gasteiger partial charge in [0.15, 0.2) is 5.78 Å². The summed E-state index contributed by atoms with van der Waals surface area (Å²) in [5.74, 6) is 0.858. The van der Waals surface area contributed by atoms with Crippen LogP contribution in [0.5, 0.6) is 0 Å². The molecule has 0 bridgehead atoms. The van der Waals surface area contributed by atoms with E-state index in [0.717, 1.165) is 203 Å². The van der Waals surface area contributed by atoms with Gasteiger partial charge in [-0.3, -0.25) is 74.1 Å². The second kappa shape index (κ2) is 69.5. The van der Waals surface area contributed by atoms with E-state index in [9.17, 15) is 49.2 Å². The first-order valence-corrected chi connectivity index (χ1v) is 51.7. The zero-order valence-corrected chi connectivity index (χ0v) is 99.0. The third-order valence-electron chi connectivity index (χ3n) is 24.8. The third-order valence-corrected chi connectivity index (χ3v) is 27.9. The number of hydrogen-bond donors (Lipinski definition) is 4. The van der Waals surface area contributed by atoms with Crippen molar-refractivity contribution in [2.45, 2.75) is 302 Å².